The molecule has 0 aliphatic carbocycles. The normalized spacial score (nSPS) is 12.7. The summed E-state index contributed by atoms with van der Waals surface area (Å²) in [4.78, 5) is 0. The lowest BCUT2D eigenvalue weighted by Gasteiger charge is -2.17. The predicted molar refractivity (Wildman–Crippen MR) is 72.1 cm³/mol. The van der Waals surface area contributed by atoms with Gasteiger partial charge in [0.25, 0.3) is 0 Å². The highest BCUT2D eigenvalue weighted by Gasteiger charge is 2.08. The summed E-state index contributed by atoms with van der Waals surface area (Å²) in [6, 6.07) is 5.18. The summed E-state index contributed by atoms with van der Waals surface area (Å²) in [6.45, 7) is 5.30. The number of benzene rings is 1. The molecule has 0 radical (unpaired) electrons. The van der Waals surface area contributed by atoms with Crippen LogP contribution in [0.15, 0.2) is 18.2 Å². The Bertz CT molecular complexity index is 335. The molecule has 0 spiro atoms. The summed E-state index contributed by atoms with van der Waals surface area (Å²) in [5.41, 5.74) is 1.03. The topological polar surface area (TPSA) is 12.0 Å². The van der Waals surface area contributed by atoms with E-state index in [4.69, 9.17) is 11.6 Å². The van der Waals surface area contributed by atoms with Gasteiger partial charge in [0.2, 0.25) is 0 Å². The predicted octanol–water partition coefficient (Wildman–Crippen LogP) is 4.19. The lowest BCUT2D eigenvalue weighted by Crippen LogP contribution is -2.29. The van der Waals surface area contributed by atoms with Gasteiger partial charge in [-0.25, -0.2) is 4.39 Å². The third kappa shape index (κ3) is 5.05. The second-order valence-corrected chi connectivity index (χ2v) is 4.72. The molecule has 1 unspecified atom stereocenters. The quantitative estimate of drug-likeness (QED) is 0.772. The third-order valence-electron chi connectivity index (χ3n) is 2.91. The van der Waals surface area contributed by atoms with Gasteiger partial charge in [0.15, 0.2) is 0 Å². The maximum absolute atomic E-state index is 12.9. The van der Waals surface area contributed by atoms with Gasteiger partial charge >= 0.3 is 0 Å². The molecule has 0 bridgehead atoms. The molecule has 0 saturated heterocycles. The van der Waals surface area contributed by atoms with Crippen LogP contribution in [-0.2, 0) is 6.42 Å². The minimum absolute atomic E-state index is 0.268. The van der Waals surface area contributed by atoms with Gasteiger partial charge in [0.05, 0.1) is 0 Å². The Labute approximate surface area is 108 Å². The van der Waals surface area contributed by atoms with E-state index >= 15 is 0 Å². The van der Waals surface area contributed by atoms with Gasteiger partial charge < -0.3 is 5.32 Å². The maximum Gasteiger partial charge on any atom is 0.124 e. The highest BCUT2D eigenvalue weighted by molar-refractivity contribution is 6.31. The second-order valence-electron chi connectivity index (χ2n) is 4.32. The van der Waals surface area contributed by atoms with E-state index in [9.17, 15) is 4.39 Å². The van der Waals surface area contributed by atoms with Crippen molar-refractivity contribution in [2.24, 2.45) is 0 Å². The molecule has 1 atom stereocenters. The second kappa shape index (κ2) is 7.67. The third-order valence-corrected chi connectivity index (χ3v) is 3.26. The van der Waals surface area contributed by atoms with E-state index in [-0.39, 0.29) is 5.82 Å². The molecule has 17 heavy (non-hydrogen) atoms. The van der Waals surface area contributed by atoms with Crippen molar-refractivity contribution in [1.82, 2.24) is 5.32 Å². The smallest absolute Gasteiger partial charge is 0.124 e. The molecular formula is C14H21ClFN. The molecule has 0 aromatic heterocycles. The van der Waals surface area contributed by atoms with Crippen LogP contribution >= 0.6 is 11.6 Å². The average molecular weight is 258 g/mol. The summed E-state index contributed by atoms with van der Waals surface area (Å²) in [6.07, 6.45) is 4.30. The molecular weight excluding hydrogens is 237 g/mol. The average Bonchev–Trinajstić information content (AvgIpc) is 2.28. The summed E-state index contributed by atoms with van der Waals surface area (Å²) in [5.74, 6) is -0.268. The first-order valence-electron chi connectivity index (χ1n) is 6.34. The molecule has 1 nitrogen and oxygen atoms in total. The van der Waals surface area contributed by atoms with Crippen LogP contribution in [0.5, 0.6) is 0 Å². The molecule has 0 amide bonds. The van der Waals surface area contributed by atoms with Crippen LogP contribution in [0.2, 0.25) is 5.02 Å². The van der Waals surface area contributed by atoms with Gasteiger partial charge in [-0.15, -0.1) is 0 Å². The summed E-state index contributed by atoms with van der Waals surface area (Å²) in [5, 5.41) is 4.01. The molecule has 0 fully saturated rings. The fourth-order valence-electron chi connectivity index (χ4n) is 2.04. The number of hydrogen-bond acceptors (Lipinski definition) is 1. The Morgan fingerprint density at radius 2 is 2.06 bits per heavy atom. The molecule has 0 saturated carbocycles. The minimum Gasteiger partial charge on any atom is -0.314 e. The van der Waals surface area contributed by atoms with Crippen LogP contribution in [0.4, 0.5) is 4.39 Å². The molecule has 1 aromatic rings. The van der Waals surface area contributed by atoms with E-state index in [0.717, 1.165) is 24.9 Å². The largest absolute Gasteiger partial charge is 0.314 e. The van der Waals surface area contributed by atoms with Crippen molar-refractivity contribution in [3.8, 4) is 0 Å². The zero-order valence-corrected chi connectivity index (χ0v) is 11.4. The van der Waals surface area contributed by atoms with E-state index in [2.05, 4.69) is 19.2 Å². The van der Waals surface area contributed by atoms with Crippen molar-refractivity contribution >= 4 is 11.6 Å². The van der Waals surface area contributed by atoms with E-state index in [1.54, 1.807) is 6.07 Å². The van der Waals surface area contributed by atoms with Crippen LogP contribution in [0.1, 0.15) is 38.7 Å². The fraction of sp³-hybridized carbons (Fsp3) is 0.571. The summed E-state index contributed by atoms with van der Waals surface area (Å²) in [7, 11) is 0. The maximum atomic E-state index is 12.9. The van der Waals surface area contributed by atoms with Crippen molar-refractivity contribution in [1.29, 1.82) is 0 Å². The first kappa shape index (κ1) is 14.5. The SMILES string of the molecule is CCCC(CCc1ccc(F)cc1Cl)NCC. The Morgan fingerprint density at radius 1 is 1.29 bits per heavy atom. The lowest BCUT2D eigenvalue weighted by atomic mass is 10.0. The van der Waals surface area contributed by atoms with Crippen LogP contribution < -0.4 is 5.32 Å². The number of hydrogen-bond donors (Lipinski definition) is 1. The Balaban J connectivity index is 2.52. The Kier molecular flexibility index (Phi) is 6.53. The first-order chi connectivity index (χ1) is 8.17. The lowest BCUT2D eigenvalue weighted by molar-refractivity contribution is 0.459. The zero-order valence-electron chi connectivity index (χ0n) is 10.6. The van der Waals surface area contributed by atoms with E-state index < -0.39 is 0 Å². The van der Waals surface area contributed by atoms with Gasteiger partial charge in [-0.3, -0.25) is 0 Å². The fourth-order valence-corrected chi connectivity index (χ4v) is 2.30. The highest BCUT2D eigenvalue weighted by atomic mass is 35.5. The van der Waals surface area contributed by atoms with Crippen LogP contribution in [0, 0.1) is 5.82 Å². The van der Waals surface area contributed by atoms with Gasteiger partial charge in [-0.05, 0) is 43.5 Å². The van der Waals surface area contributed by atoms with E-state index in [1.165, 1.54) is 25.0 Å². The first-order valence-corrected chi connectivity index (χ1v) is 6.72. The molecule has 1 rings (SSSR count). The van der Waals surface area contributed by atoms with E-state index in [1.807, 2.05) is 0 Å². The van der Waals surface area contributed by atoms with Crippen molar-refractivity contribution in [2.45, 2.75) is 45.6 Å². The van der Waals surface area contributed by atoms with Gasteiger partial charge in [0, 0.05) is 11.1 Å². The molecule has 96 valence electrons. The summed E-state index contributed by atoms with van der Waals surface area (Å²) < 4.78 is 12.9. The standard InChI is InChI=1S/C14H21ClFN/c1-3-5-13(17-4-2)9-7-11-6-8-12(16)10-14(11)15/h6,8,10,13,17H,3-5,7,9H2,1-2H3. The van der Waals surface area contributed by atoms with Crippen molar-refractivity contribution in [2.75, 3.05) is 6.54 Å². The van der Waals surface area contributed by atoms with Crippen LogP contribution in [0.3, 0.4) is 0 Å². The Morgan fingerprint density at radius 3 is 2.65 bits per heavy atom. The molecule has 0 aliphatic heterocycles. The Hall–Kier alpha value is -0.600. The minimum atomic E-state index is -0.268. The van der Waals surface area contributed by atoms with Crippen molar-refractivity contribution in [3.63, 3.8) is 0 Å². The van der Waals surface area contributed by atoms with Crippen molar-refractivity contribution in [3.05, 3.63) is 34.6 Å². The molecule has 0 heterocycles. The zero-order chi connectivity index (χ0) is 12.7. The molecule has 0 aliphatic rings. The van der Waals surface area contributed by atoms with E-state index in [0.29, 0.717) is 11.1 Å². The molecule has 1 N–H and O–H groups in total. The van der Waals surface area contributed by atoms with Crippen LogP contribution in [0.25, 0.3) is 0 Å². The van der Waals surface area contributed by atoms with Gasteiger partial charge in [-0.1, -0.05) is 37.9 Å². The summed E-state index contributed by atoms with van der Waals surface area (Å²) >= 11 is 6.01. The number of rotatable bonds is 7. The van der Waals surface area contributed by atoms with Gasteiger partial charge in [0.1, 0.15) is 5.82 Å². The van der Waals surface area contributed by atoms with Gasteiger partial charge in [-0.2, -0.15) is 0 Å². The molecule has 3 heteroatoms. The number of aryl methyl sites for hydroxylation is 1. The monoisotopic (exact) mass is 257 g/mol. The highest BCUT2D eigenvalue weighted by Crippen LogP contribution is 2.19. The number of halogens is 2. The molecule has 1 aromatic carbocycles. The van der Waals surface area contributed by atoms with Crippen molar-refractivity contribution < 1.29 is 4.39 Å². The van der Waals surface area contributed by atoms with Crippen LogP contribution in [-0.4, -0.2) is 12.6 Å². The number of nitrogens with one attached hydrogen (secondary N) is 1.